The summed E-state index contributed by atoms with van der Waals surface area (Å²) in [6.07, 6.45) is 0. The molecule has 0 atom stereocenters. The standard InChI is InChI=1S/C21H9Br8N3O3/c22-11-6-8-13(17(26)15(11)24)34-19-20(35-14-9-7-12(23)16(25)18(14)27)30-32(29)31(28)21(19)33-10-4-2-1-3-5-10/h1-9H. The van der Waals surface area contributed by atoms with E-state index >= 15 is 0 Å². The second kappa shape index (κ2) is 12.2. The van der Waals surface area contributed by atoms with Gasteiger partial charge in [0.15, 0.2) is 0 Å². The van der Waals surface area contributed by atoms with Gasteiger partial charge in [-0.2, -0.15) is 4.03 Å². The minimum absolute atomic E-state index is 0.129. The Balaban J connectivity index is 1.83. The van der Waals surface area contributed by atoms with Crippen molar-refractivity contribution < 1.29 is 14.2 Å². The van der Waals surface area contributed by atoms with Crippen molar-refractivity contribution in [3.63, 3.8) is 0 Å². The lowest BCUT2D eigenvalue weighted by Crippen LogP contribution is -2.37. The summed E-state index contributed by atoms with van der Waals surface area (Å²) < 4.78 is 26.2. The number of halogens is 8. The van der Waals surface area contributed by atoms with Gasteiger partial charge in [0.05, 0.1) is 41.2 Å². The molecule has 1 heterocycles. The van der Waals surface area contributed by atoms with E-state index in [1.54, 1.807) is 12.1 Å². The molecule has 0 N–H and O–H groups in total. The molecule has 0 unspecified atom stereocenters. The monoisotopic (exact) mass is 982 g/mol. The highest BCUT2D eigenvalue weighted by molar-refractivity contribution is 9.15. The molecule has 0 bridgehead atoms. The van der Waals surface area contributed by atoms with Crippen LogP contribution in [0.15, 0.2) is 98.2 Å². The molecule has 0 fully saturated rings. The van der Waals surface area contributed by atoms with Gasteiger partial charge in [-0.1, -0.05) is 18.2 Å². The fraction of sp³-hybridized carbons (Fsp3) is 0. The van der Waals surface area contributed by atoms with Gasteiger partial charge >= 0.3 is 0 Å². The van der Waals surface area contributed by atoms with Crippen LogP contribution >= 0.6 is 128 Å². The topological polar surface area (TPSA) is 46.5 Å². The number of hydrogen-bond acceptors (Lipinski definition) is 6. The van der Waals surface area contributed by atoms with Gasteiger partial charge in [-0.05, 0) is 132 Å². The Labute approximate surface area is 268 Å². The number of rotatable bonds is 5. The van der Waals surface area contributed by atoms with E-state index in [2.05, 4.69) is 133 Å². The highest BCUT2D eigenvalue weighted by Gasteiger charge is 2.34. The van der Waals surface area contributed by atoms with E-state index in [1.807, 2.05) is 42.5 Å². The SMILES string of the molecule is Brc1ccc(OC2=NN(Br)N(Br)C(Oc3ccccc3)=C2Oc2ccc(Br)c(Br)c2Br)c(Br)c1Br. The van der Waals surface area contributed by atoms with Crippen molar-refractivity contribution >= 4 is 134 Å². The molecule has 0 saturated heterocycles. The lowest BCUT2D eigenvalue weighted by molar-refractivity contribution is 0.158. The van der Waals surface area contributed by atoms with E-state index in [0.29, 0.717) is 26.2 Å². The zero-order valence-electron chi connectivity index (χ0n) is 16.8. The zero-order chi connectivity index (χ0) is 25.3. The summed E-state index contributed by atoms with van der Waals surface area (Å²) in [7, 11) is 0. The van der Waals surface area contributed by atoms with Crippen LogP contribution in [0.1, 0.15) is 0 Å². The number of benzene rings is 3. The summed E-state index contributed by atoms with van der Waals surface area (Å²) >= 11 is 28.0. The first-order chi connectivity index (χ1) is 16.7. The lowest BCUT2D eigenvalue weighted by Gasteiger charge is -2.30. The molecule has 3 aromatic carbocycles. The average Bonchev–Trinajstić information content (AvgIpc) is 2.85. The van der Waals surface area contributed by atoms with E-state index in [-0.39, 0.29) is 17.5 Å². The van der Waals surface area contributed by atoms with Crippen molar-refractivity contribution in [1.82, 2.24) is 8.18 Å². The second-order valence-electron chi connectivity index (χ2n) is 6.51. The highest BCUT2D eigenvalue weighted by atomic mass is 79.9. The quantitative estimate of drug-likeness (QED) is 0.188. The molecular formula is C21H9Br8N3O3. The van der Waals surface area contributed by atoms with Gasteiger partial charge in [-0.15, -0.1) is 9.25 Å². The maximum Gasteiger partial charge on any atom is 0.288 e. The Kier molecular flexibility index (Phi) is 9.72. The van der Waals surface area contributed by atoms with Crippen LogP contribution in [0.3, 0.4) is 0 Å². The van der Waals surface area contributed by atoms with Crippen LogP contribution < -0.4 is 14.2 Å². The number of ether oxygens (including phenoxy) is 3. The summed E-state index contributed by atoms with van der Waals surface area (Å²) in [4.78, 5) is 0. The average molecular weight is 991 g/mol. The van der Waals surface area contributed by atoms with Gasteiger partial charge in [-0.3, -0.25) is 0 Å². The molecule has 0 spiro atoms. The first-order valence-electron chi connectivity index (χ1n) is 9.28. The molecule has 35 heavy (non-hydrogen) atoms. The molecule has 0 aromatic heterocycles. The number of nitrogens with zero attached hydrogens (tertiary/aromatic N) is 3. The smallest absolute Gasteiger partial charge is 0.288 e. The van der Waals surface area contributed by atoms with E-state index in [9.17, 15) is 0 Å². The Morgan fingerprint density at radius 3 is 1.71 bits per heavy atom. The third-order valence-electron chi connectivity index (χ3n) is 4.25. The molecule has 182 valence electrons. The van der Waals surface area contributed by atoms with Crippen molar-refractivity contribution in [3.8, 4) is 17.2 Å². The molecule has 6 nitrogen and oxygen atoms in total. The number of hydrazine groups is 1. The van der Waals surface area contributed by atoms with Gasteiger partial charge in [0.25, 0.3) is 17.5 Å². The molecule has 0 radical (unpaired) electrons. The van der Waals surface area contributed by atoms with Crippen LogP contribution in [0.2, 0.25) is 0 Å². The van der Waals surface area contributed by atoms with Gasteiger partial charge in [-0.25, -0.2) is 0 Å². The van der Waals surface area contributed by atoms with E-state index in [0.717, 1.165) is 17.9 Å². The first kappa shape index (κ1) is 27.9. The summed E-state index contributed by atoms with van der Waals surface area (Å²) in [5.41, 5.74) is 0. The molecule has 1 aliphatic heterocycles. The van der Waals surface area contributed by atoms with Gasteiger partial charge in [0.2, 0.25) is 0 Å². The Morgan fingerprint density at radius 1 is 0.600 bits per heavy atom. The van der Waals surface area contributed by atoms with Crippen LogP contribution in [0.5, 0.6) is 17.2 Å². The summed E-state index contributed by atoms with van der Waals surface area (Å²) in [6, 6.07) is 16.6. The Hall–Kier alpha value is -0.0900. The van der Waals surface area contributed by atoms with Crippen molar-refractivity contribution in [3.05, 3.63) is 93.1 Å². The van der Waals surface area contributed by atoms with Crippen LogP contribution in [0.25, 0.3) is 0 Å². The van der Waals surface area contributed by atoms with Crippen LogP contribution in [0.4, 0.5) is 0 Å². The van der Waals surface area contributed by atoms with Gasteiger partial charge in [0, 0.05) is 17.9 Å². The predicted molar refractivity (Wildman–Crippen MR) is 163 cm³/mol. The highest BCUT2D eigenvalue weighted by Crippen LogP contribution is 2.42. The summed E-state index contributed by atoms with van der Waals surface area (Å²) in [5.74, 6) is 2.18. The summed E-state index contributed by atoms with van der Waals surface area (Å²) in [5, 5.41) is 4.47. The maximum atomic E-state index is 6.35. The predicted octanol–water partition coefficient (Wildman–Crippen LogP) is 10.4. The number of para-hydroxylation sites is 1. The normalized spacial score (nSPS) is 13.7. The fourth-order valence-corrected chi connectivity index (χ4v) is 5.93. The molecule has 3 aromatic rings. The van der Waals surface area contributed by atoms with Gasteiger partial charge < -0.3 is 14.2 Å². The number of hydrazone groups is 1. The Bertz CT molecular complexity index is 1340. The van der Waals surface area contributed by atoms with Crippen LogP contribution in [-0.2, 0) is 0 Å². The van der Waals surface area contributed by atoms with Crippen LogP contribution in [-0.4, -0.2) is 14.1 Å². The second-order valence-corrected chi connectivity index (χ2v) is 12.7. The molecule has 14 heteroatoms. The molecular weight excluding hydrogens is 981 g/mol. The molecule has 0 aliphatic carbocycles. The molecule has 0 amide bonds. The third-order valence-corrected chi connectivity index (χ3v) is 12.4. The zero-order valence-corrected chi connectivity index (χ0v) is 29.5. The first-order valence-corrected chi connectivity index (χ1v) is 15.5. The number of hydrogen-bond donors (Lipinski definition) is 0. The van der Waals surface area contributed by atoms with Crippen molar-refractivity contribution in [1.29, 1.82) is 0 Å². The molecule has 0 saturated carbocycles. The van der Waals surface area contributed by atoms with Crippen molar-refractivity contribution in [2.75, 3.05) is 0 Å². The van der Waals surface area contributed by atoms with E-state index in [1.165, 1.54) is 8.18 Å². The summed E-state index contributed by atoms with van der Waals surface area (Å²) in [6.45, 7) is 0. The minimum atomic E-state index is 0.129. The Morgan fingerprint density at radius 2 is 1.14 bits per heavy atom. The largest absolute Gasteiger partial charge is 0.445 e. The van der Waals surface area contributed by atoms with Crippen LogP contribution in [0, 0.1) is 0 Å². The lowest BCUT2D eigenvalue weighted by atomic mass is 10.3. The van der Waals surface area contributed by atoms with Crippen molar-refractivity contribution in [2.24, 2.45) is 5.10 Å². The molecule has 1 aliphatic rings. The third kappa shape index (κ3) is 6.32. The van der Waals surface area contributed by atoms with E-state index < -0.39 is 0 Å². The molecule has 4 rings (SSSR count). The van der Waals surface area contributed by atoms with Gasteiger partial charge in [0.1, 0.15) is 17.2 Å². The van der Waals surface area contributed by atoms with E-state index in [4.69, 9.17) is 14.2 Å². The van der Waals surface area contributed by atoms with Crippen molar-refractivity contribution in [2.45, 2.75) is 0 Å². The minimum Gasteiger partial charge on any atom is -0.445 e. The maximum absolute atomic E-state index is 6.35. The fourth-order valence-electron chi connectivity index (χ4n) is 2.64.